The molecule has 0 radical (unpaired) electrons. The third kappa shape index (κ3) is 3.52. The summed E-state index contributed by atoms with van der Waals surface area (Å²) in [4.78, 5) is 23.6. The van der Waals surface area contributed by atoms with Crippen molar-refractivity contribution in [3.63, 3.8) is 0 Å². The number of ether oxygens (including phenoxy) is 2. The second kappa shape index (κ2) is 7.09. The van der Waals surface area contributed by atoms with Gasteiger partial charge in [0.25, 0.3) is 0 Å². The lowest BCUT2D eigenvalue weighted by atomic mass is 10.1. The molecule has 1 aromatic heterocycles. The number of hydrogen-bond acceptors (Lipinski definition) is 6. The maximum absolute atomic E-state index is 11.9. The van der Waals surface area contributed by atoms with Crippen molar-refractivity contribution in [3.8, 4) is 6.07 Å². The molecule has 0 saturated heterocycles. The average molecular weight is 299 g/mol. The van der Waals surface area contributed by atoms with Crippen molar-refractivity contribution in [3.05, 3.63) is 59.0 Å². The van der Waals surface area contributed by atoms with E-state index in [2.05, 4.69) is 0 Å². The number of nitrogens with zero attached hydrogens (tertiary/aromatic N) is 1. The van der Waals surface area contributed by atoms with E-state index in [1.165, 1.54) is 24.5 Å². The highest BCUT2D eigenvalue weighted by molar-refractivity contribution is 5.91. The molecule has 0 aliphatic heterocycles. The van der Waals surface area contributed by atoms with Gasteiger partial charge < -0.3 is 13.9 Å². The van der Waals surface area contributed by atoms with E-state index in [1.54, 1.807) is 19.1 Å². The Labute approximate surface area is 126 Å². The fourth-order valence-electron chi connectivity index (χ4n) is 1.77. The quantitative estimate of drug-likeness (QED) is 0.788. The Morgan fingerprint density at radius 2 is 2.05 bits per heavy atom. The van der Waals surface area contributed by atoms with Crippen LogP contribution in [0.25, 0.3) is 0 Å². The molecule has 2 aromatic rings. The lowest BCUT2D eigenvalue weighted by Gasteiger charge is -2.05. The average Bonchev–Trinajstić information content (AvgIpc) is 3.01. The molecule has 0 aliphatic rings. The van der Waals surface area contributed by atoms with Crippen LogP contribution in [0.4, 0.5) is 0 Å². The number of carbonyl (C=O) groups is 2. The Morgan fingerprint density at radius 3 is 2.77 bits per heavy atom. The third-order valence-electron chi connectivity index (χ3n) is 2.80. The molecule has 0 N–H and O–H groups in total. The number of nitriles is 1. The minimum atomic E-state index is -0.608. The van der Waals surface area contributed by atoms with Crippen molar-refractivity contribution in [2.75, 3.05) is 6.61 Å². The zero-order chi connectivity index (χ0) is 15.9. The summed E-state index contributed by atoms with van der Waals surface area (Å²) in [6.07, 6.45) is 1.33. The molecule has 112 valence electrons. The normalized spacial score (nSPS) is 9.82. The zero-order valence-corrected chi connectivity index (χ0v) is 11.9. The van der Waals surface area contributed by atoms with Crippen LogP contribution < -0.4 is 0 Å². The van der Waals surface area contributed by atoms with Crippen molar-refractivity contribution in [1.82, 2.24) is 0 Å². The fourth-order valence-corrected chi connectivity index (χ4v) is 1.77. The van der Waals surface area contributed by atoms with E-state index in [0.717, 1.165) is 0 Å². The van der Waals surface area contributed by atoms with Crippen LogP contribution >= 0.6 is 0 Å². The lowest BCUT2D eigenvalue weighted by molar-refractivity contribution is 0.0422. The molecule has 6 heteroatoms. The van der Waals surface area contributed by atoms with Gasteiger partial charge in [0.1, 0.15) is 5.56 Å². The molecule has 0 unspecified atom stereocenters. The Bertz CT molecular complexity index is 726. The Morgan fingerprint density at radius 1 is 1.23 bits per heavy atom. The molecule has 0 spiro atoms. The predicted octanol–water partition coefficient (Wildman–Crippen LogP) is 2.68. The summed E-state index contributed by atoms with van der Waals surface area (Å²) >= 11 is 0. The minimum Gasteiger partial charge on any atom is -0.465 e. The third-order valence-corrected chi connectivity index (χ3v) is 2.80. The lowest BCUT2D eigenvalue weighted by Crippen LogP contribution is -2.09. The van der Waals surface area contributed by atoms with Gasteiger partial charge in [-0.2, -0.15) is 5.26 Å². The first-order valence-electron chi connectivity index (χ1n) is 6.56. The fraction of sp³-hybridized carbons (Fsp3) is 0.188. The highest BCUT2D eigenvalue weighted by Crippen LogP contribution is 2.15. The van der Waals surface area contributed by atoms with Gasteiger partial charge >= 0.3 is 11.9 Å². The van der Waals surface area contributed by atoms with Gasteiger partial charge in [0.2, 0.25) is 0 Å². The molecule has 0 bridgehead atoms. The van der Waals surface area contributed by atoms with Gasteiger partial charge in [-0.25, -0.2) is 9.59 Å². The van der Waals surface area contributed by atoms with E-state index in [1.807, 2.05) is 6.07 Å². The second-order valence-corrected chi connectivity index (χ2v) is 4.25. The van der Waals surface area contributed by atoms with Crippen LogP contribution in [0.1, 0.15) is 39.0 Å². The van der Waals surface area contributed by atoms with Gasteiger partial charge in [-0.3, -0.25) is 0 Å². The highest BCUT2D eigenvalue weighted by atomic mass is 16.5. The molecular weight excluding hydrogens is 286 g/mol. The standard InChI is InChI=1S/C16H13NO5/c1-2-20-16(19)13-6-7-21-14(13)10-22-15(18)12-5-3-4-11(8-12)9-17/h3-8H,2,10H2,1H3. The van der Waals surface area contributed by atoms with Crippen molar-refractivity contribution in [2.24, 2.45) is 0 Å². The van der Waals surface area contributed by atoms with Gasteiger partial charge in [-0.1, -0.05) is 6.07 Å². The maximum Gasteiger partial charge on any atom is 0.341 e. The topological polar surface area (TPSA) is 89.5 Å². The predicted molar refractivity (Wildman–Crippen MR) is 74.9 cm³/mol. The van der Waals surface area contributed by atoms with Gasteiger partial charge in [0, 0.05) is 0 Å². The largest absolute Gasteiger partial charge is 0.465 e. The molecule has 22 heavy (non-hydrogen) atoms. The second-order valence-electron chi connectivity index (χ2n) is 4.25. The number of furan rings is 1. The Kier molecular flexibility index (Phi) is 4.94. The van der Waals surface area contributed by atoms with Crippen LogP contribution in [0.3, 0.4) is 0 Å². The van der Waals surface area contributed by atoms with Crippen LogP contribution in [0.2, 0.25) is 0 Å². The molecular formula is C16H13NO5. The summed E-state index contributed by atoms with van der Waals surface area (Å²) < 4.78 is 15.1. The first kappa shape index (κ1) is 15.3. The zero-order valence-electron chi connectivity index (χ0n) is 11.9. The number of rotatable bonds is 5. The van der Waals surface area contributed by atoms with E-state index >= 15 is 0 Å². The highest BCUT2D eigenvalue weighted by Gasteiger charge is 2.17. The molecule has 0 aliphatic carbocycles. The summed E-state index contributed by atoms with van der Waals surface area (Å²) in [6.45, 7) is 1.74. The van der Waals surface area contributed by atoms with Crippen LogP contribution in [0, 0.1) is 11.3 Å². The maximum atomic E-state index is 11.9. The molecule has 2 rings (SSSR count). The molecule has 0 amide bonds. The smallest absolute Gasteiger partial charge is 0.341 e. The molecule has 0 atom stereocenters. The Balaban J connectivity index is 2.04. The molecule has 6 nitrogen and oxygen atoms in total. The number of benzene rings is 1. The summed E-state index contributed by atoms with van der Waals surface area (Å²) in [5.74, 6) is -0.930. The van der Waals surface area contributed by atoms with Crippen LogP contribution in [-0.2, 0) is 16.1 Å². The van der Waals surface area contributed by atoms with Gasteiger partial charge in [-0.15, -0.1) is 0 Å². The summed E-state index contributed by atoms with van der Waals surface area (Å²) in [6, 6.07) is 9.54. The number of carbonyl (C=O) groups excluding carboxylic acids is 2. The number of hydrogen-bond donors (Lipinski definition) is 0. The number of esters is 2. The van der Waals surface area contributed by atoms with Crippen molar-refractivity contribution in [2.45, 2.75) is 13.5 Å². The van der Waals surface area contributed by atoms with E-state index in [-0.39, 0.29) is 30.1 Å². The van der Waals surface area contributed by atoms with Gasteiger partial charge in [-0.05, 0) is 31.2 Å². The monoisotopic (exact) mass is 299 g/mol. The molecule has 0 fully saturated rings. The summed E-state index contributed by atoms with van der Waals surface area (Å²) in [7, 11) is 0. The van der Waals surface area contributed by atoms with E-state index in [0.29, 0.717) is 5.56 Å². The molecule has 1 aromatic carbocycles. The van der Waals surface area contributed by atoms with E-state index < -0.39 is 11.9 Å². The Hall–Kier alpha value is -3.07. The van der Waals surface area contributed by atoms with E-state index in [9.17, 15) is 9.59 Å². The van der Waals surface area contributed by atoms with Gasteiger partial charge in [0.05, 0.1) is 30.1 Å². The van der Waals surface area contributed by atoms with Crippen LogP contribution in [-0.4, -0.2) is 18.5 Å². The van der Waals surface area contributed by atoms with Crippen molar-refractivity contribution < 1.29 is 23.5 Å². The van der Waals surface area contributed by atoms with Gasteiger partial charge in [0.15, 0.2) is 12.4 Å². The summed E-state index contributed by atoms with van der Waals surface area (Å²) in [5.41, 5.74) is 0.836. The molecule has 0 saturated carbocycles. The van der Waals surface area contributed by atoms with Crippen molar-refractivity contribution >= 4 is 11.9 Å². The molecule has 1 heterocycles. The minimum absolute atomic E-state index is 0.198. The first-order chi connectivity index (χ1) is 10.7. The first-order valence-corrected chi connectivity index (χ1v) is 6.56. The SMILES string of the molecule is CCOC(=O)c1ccoc1COC(=O)c1cccc(C#N)c1. The van der Waals surface area contributed by atoms with Crippen LogP contribution in [0.15, 0.2) is 41.0 Å². The van der Waals surface area contributed by atoms with Crippen LogP contribution in [0.5, 0.6) is 0 Å². The van der Waals surface area contributed by atoms with Crippen molar-refractivity contribution in [1.29, 1.82) is 5.26 Å². The summed E-state index contributed by atoms with van der Waals surface area (Å²) in [5, 5.41) is 8.80. The van der Waals surface area contributed by atoms with E-state index in [4.69, 9.17) is 19.2 Å².